The fraction of sp³-hybridized carbons (Fsp3) is 0.346. The third-order valence-electron chi connectivity index (χ3n) is 5.67. The summed E-state index contributed by atoms with van der Waals surface area (Å²) in [6.07, 6.45) is 4.30. The molecule has 4 heteroatoms. The minimum Gasteiger partial charge on any atom is -0.497 e. The van der Waals surface area contributed by atoms with E-state index in [4.69, 9.17) is 9.47 Å². The number of esters is 1. The lowest BCUT2D eigenvalue weighted by molar-refractivity contribution is 0.0600. The summed E-state index contributed by atoms with van der Waals surface area (Å²) in [5.74, 6) is 1.03. The predicted molar refractivity (Wildman–Crippen MR) is 123 cm³/mol. The van der Waals surface area contributed by atoms with E-state index in [0.29, 0.717) is 11.5 Å². The minimum absolute atomic E-state index is 0.311. The normalized spacial score (nSPS) is 18.1. The van der Waals surface area contributed by atoms with E-state index in [-0.39, 0.29) is 5.97 Å². The SMILES string of the molecule is COC(=O)c1cccc(C=C2CCC(CN(C)C)C(c3cccc(OC)c3)=C2C)c1. The van der Waals surface area contributed by atoms with Crippen LogP contribution in [0, 0.1) is 5.92 Å². The van der Waals surface area contributed by atoms with Gasteiger partial charge >= 0.3 is 5.97 Å². The topological polar surface area (TPSA) is 38.8 Å². The second-order valence-electron chi connectivity index (χ2n) is 8.06. The number of allylic oxidation sites excluding steroid dienone is 2. The fourth-order valence-corrected chi connectivity index (χ4v) is 4.26. The predicted octanol–water partition coefficient (Wildman–Crippen LogP) is 5.31. The standard InChI is InChI=1S/C26H31NO3/c1-18-20(14-19-8-6-10-22(15-19)26(28)30-5)12-13-23(17-27(2)3)25(18)21-9-7-11-24(16-21)29-4/h6-11,14-16,23H,12-13,17H2,1-5H3. The van der Waals surface area contributed by atoms with Crippen molar-refractivity contribution in [1.29, 1.82) is 0 Å². The summed E-state index contributed by atoms with van der Waals surface area (Å²) in [6.45, 7) is 3.22. The second-order valence-corrected chi connectivity index (χ2v) is 8.06. The number of ether oxygens (including phenoxy) is 2. The highest BCUT2D eigenvalue weighted by Crippen LogP contribution is 2.41. The first-order valence-electron chi connectivity index (χ1n) is 10.3. The molecule has 0 radical (unpaired) electrons. The van der Waals surface area contributed by atoms with Crippen molar-refractivity contribution in [1.82, 2.24) is 4.90 Å². The molecule has 0 aromatic heterocycles. The van der Waals surface area contributed by atoms with E-state index in [2.05, 4.69) is 50.2 Å². The fourth-order valence-electron chi connectivity index (χ4n) is 4.26. The van der Waals surface area contributed by atoms with E-state index in [0.717, 1.165) is 30.7 Å². The number of hydrogen-bond acceptors (Lipinski definition) is 4. The van der Waals surface area contributed by atoms with Gasteiger partial charge in [0.1, 0.15) is 5.75 Å². The molecule has 30 heavy (non-hydrogen) atoms. The molecule has 2 aromatic rings. The Labute approximate surface area is 179 Å². The van der Waals surface area contributed by atoms with Crippen molar-refractivity contribution in [3.05, 3.63) is 76.4 Å². The van der Waals surface area contributed by atoms with Gasteiger partial charge in [0, 0.05) is 6.54 Å². The third kappa shape index (κ3) is 5.00. The Bertz CT molecular complexity index is 972. The Morgan fingerprint density at radius 3 is 2.60 bits per heavy atom. The van der Waals surface area contributed by atoms with Crippen LogP contribution >= 0.6 is 0 Å². The van der Waals surface area contributed by atoms with E-state index in [1.54, 1.807) is 13.2 Å². The number of nitrogens with zero attached hydrogens (tertiary/aromatic N) is 1. The molecule has 0 spiro atoms. The number of carbonyl (C=O) groups excluding carboxylic acids is 1. The maximum absolute atomic E-state index is 11.9. The summed E-state index contributed by atoms with van der Waals surface area (Å²) in [5, 5.41) is 0. The van der Waals surface area contributed by atoms with E-state index >= 15 is 0 Å². The van der Waals surface area contributed by atoms with Crippen LogP contribution in [0.4, 0.5) is 0 Å². The van der Waals surface area contributed by atoms with Crippen molar-refractivity contribution < 1.29 is 14.3 Å². The van der Waals surface area contributed by atoms with Crippen molar-refractivity contribution in [3.63, 3.8) is 0 Å². The largest absolute Gasteiger partial charge is 0.497 e. The summed E-state index contributed by atoms with van der Waals surface area (Å²) in [6, 6.07) is 15.9. The monoisotopic (exact) mass is 405 g/mol. The van der Waals surface area contributed by atoms with Crippen LogP contribution in [0.3, 0.4) is 0 Å². The third-order valence-corrected chi connectivity index (χ3v) is 5.67. The van der Waals surface area contributed by atoms with Crippen molar-refractivity contribution >= 4 is 17.6 Å². The molecule has 0 heterocycles. The maximum atomic E-state index is 11.9. The molecule has 0 bridgehead atoms. The molecule has 4 nitrogen and oxygen atoms in total. The molecular formula is C26H31NO3. The van der Waals surface area contributed by atoms with Crippen LogP contribution in [-0.4, -0.2) is 45.7 Å². The van der Waals surface area contributed by atoms with Gasteiger partial charge in [-0.2, -0.15) is 0 Å². The van der Waals surface area contributed by atoms with Crippen molar-refractivity contribution in [2.24, 2.45) is 5.92 Å². The summed E-state index contributed by atoms with van der Waals surface area (Å²) in [4.78, 5) is 14.2. The van der Waals surface area contributed by atoms with Gasteiger partial charge < -0.3 is 14.4 Å². The molecule has 0 saturated heterocycles. The minimum atomic E-state index is -0.311. The summed E-state index contributed by atoms with van der Waals surface area (Å²) >= 11 is 0. The quantitative estimate of drug-likeness (QED) is 0.611. The zero-order valence-corrected chi connectivity index (χ0v) is 18.6. The van der Waals surface area contributed by atoms with Crippen molar-refractivity contribution in [3.8, 4) is 5.75 Å². The van der Waals surface area contributed by atoms with Gasteiger partial charge in [-0.3, -0.25) is 0 Å². The van der Waals surface area contributed by atoms with Crippen LogP contribution in [-0.2, 0) is 4.74 Å². The Morgan fingerprint density at radius 2 is 1.90 bits per heavy atom. The van der Waals surface area contributed by atoms with E-state index in [9.17, 15) is 4.79 Å². The zero-order valence-electron chi connectivity index (χ0n) is 18.6. The van der Waals surface area contributed by atoms with Crippen molar-refractivity contribution in [2.45, 2.75) is 19.8 Å². The number of methoxy groups -OCH3 is 2. The summed E-state index contributed by atoms with van der Waals surface area (Å²) in [7, 11) is 7.37. The number of hydrogen-bond donors (Lipinski definition) is 0. The summed E-state index contributed by atoms with van der Waals surface area (Å²) in [5.41, 5.74) is 6.80. The van der Waals surface area contributed by atoms with Crippen LogP contribution in [0.15, 0.2) is 59.7 Å². The number of rotatable bonds is 6. The molecular weight excluding hydrogens is 374 g/mol. The lowest BCUT2D eigenvalue weighted by atomic mass is 9.76. The van der Waals surface area contributed by atoms with Gasteiger partial charge in [0.05, 0.1) is 19.8 Å². The number of carbonyl (C=O) groups is 1. The lowest BCUT2D eigenvalue weighted by Crippen LogP contribution is -2.25. The first kappa shape index (κ1) is 21.8. The smallest absolute Gasteiger partial charge is 0.337 e. The molecule has 0 fully saturated rings. The van der Waals surface area contributed by atoms with Crippen LogP contribution in [0.1, 0.15) is 41.3 Å². The average Bonchev–Trinajstić information content (AvgIpc) is 2.75. The highest BCUT2D eigenvalue weighted by atomic mass is 16.5. The molecule has 1 unspecified atom stereocenters. The van der Waals surface area contributed by atoms with Gasteiger partial charge in [0.25, 0.3) is 0 Å². The van der Waals surface area contributed by atoms with Crippen LogP contribution in [0.5, 0.6) is 5.75 Å². The molecule has 1 aliphatic rings. The molecule has 1 aliphatic carbocycles. The van der Waals surface area contributed by atoms with Gasteiger partial charge in [0.15, 0.2) is 0 Å². The van der Waals surface area contributed by atoms with E-state index in [1.807, 2.05) is 24.3 Å². The van der Waals surface area contributed by atoms with Crippen molar-refractivity contribution in [2.75, 3.05) is 34.9 Å². The van der Waals surface area contributed by atoms with Gasteiger partial charge in [-0.15, -0.1) is 0 Å². The highest BCUT2D eigenvalue weighted by Gasteiger charge is 2.26. The van der Waals surface area contributed by atoms with E-state index < -0.39 is 0 Å². The van der Waals surface area contributed by atoms with Gasteiger partial charge in [-0.05, 0) is 91.9 Å². The Morgan fingerprint density at radius 1 is 1.13 bits per heavy atom. The summed E-state index contributed by atoms with van der Waals surface area (Å²) < 4.78 is 10.3. The maximum Gasteiger partial charge on any atom is 0.337 e. The molecule has 158 valence electrons. The Kier molecular flexibility index (Phi) is 7.11. The molecule has 1 atom stereocenters. The molecule has 0 N–H and O–H groups in total. The Balaban J connectivity index is 2.06. The molecule has 0 saturated carbocycles. The van der Waals surface area contributed by atoms with E-state index in [1.165, 1.54) is 29.4 Å². The van der Waals surface area contributed by atoms with Gasteiger partial charge in [0.2, 0.25) is 0 Å². The Hall–Kier alpha value is -2.85. The van der Waals surface area contributed by atoms with Crippen LogP contribution in [0.25, 0.3) is 11.6 Å². The number of benzene rings is 2. The molecule has 2 aromatic carbocycles. The second kappa shape index (κ2) is 9.77. The molecule has 0 amide bonds. The molecule has 0 aliphatic heterocycles. The lowest BCUT2D eigenvalue weighted by Gasteiger charge is -2.32. The van der Waals surface area contributed by atoms with Gasteiger partial charge in [-0.1, -0.05) is 30.3 Å². The highest BCUT2D eigenvalue weighted by molar-refractivity contribution is 5.90. The first-order valence-corrected chi connectivity index (χ1v) is 10.3. The average molecular weight is 406 g/mol. The van der Waals surface area contributed by atoms with Gasteiger partial charge in [-0.25, -0.2) is 4.79 Å². The first-order chi connectivity index (χ1) is 14.4. The zero-order chi connectivity index (χ0) is 21.7. The van der Waals surface area contributed by atoms with Crippen LogP contribution < -0.4 is 4.74 Å². The van der Waals surface area contributed by atoms with Crippen LogP contribution in [0.2, 0.25) is 0 Å². The molecule has 3 rings (SSSR count).